The van der Waals surface area contributed by atoms with Crippen molar-refractivity contribution >= 4 is 35.9 Å². The highest BCUT2D eigenvalue weighted by Crippen LogP contribution is 2.10. The van der Waals surface area contributed by atoms with Gasteiger partial charge < -0.3 is 5.11 Å². The van der Waals surface area contributed by atoms with Crippen molar-refractivity contribution in [2.75, 3.05) is 0 Å². The van der Waals surface area contributed by atoms with Crippen LogP contribution in [0.2, 0.25) is 0 Å². The van der Waals surface area contributed by atoms with Gasteiger partial charge in [-0.05, 0) is 11.6 Å². The highest BCUT2D eigenvalue weighted by atomic mass is 127. The van der Waals surface area contributed by atoms with Crippen LogP contribution >= 0.6 is 22.6 Å². The van der Waals surface area contributed by atoms with E-state index in [1.807, 2.05) is 6.07 Å². The van der Waals surface area contributed by atoms with E-state index in [0.29, 0.717) is 5.46 Å². The molecule has 0 fully saturated rings. The van der Waals surface area contributed by atoms with Crippen LogP contribution in [0.5, 0.6) is 5.75 Å². The summed E-state index contributed by atoms with van der Waals surface area (Å²) in [6.45, 7) is 0. The number of hydrogen-bond acceptors (Lipinski definition) is 1. The third-order valence-electron chi connectivity index (χ3n) is 1.25. The smallest absolute Gasteiger partial charge is 0.118 e. The van der Waals surface area contributed by atoms with Gasteiger partial charge in [-0.15, -0.1) is 0 Å². The monoisotopic (exact) mass is 244 g/mol. The fourth-order valence-electron chi connectivity index (χ4n) is 0.672. The normalized spacial score (nSPS) is 9.70. The van der Waals surface area contributed by atoms with Crippen LogP contribution in [0.25, 0.3) is 0 Å². The Morgan fingerprint density at radius 1 is 1.50 bits per heavy atom. The molecule has 3 heteroatoms. The highest BCUT2D eigenvalue weighted by molar-refractivity contribution is 14.1. The van der Waals surface area contributed by atoms with Crippen LogP contribution in [0.15, 0.2) is 18.2 Å². The quantitative estimate of drug-likeness (QED) is 0.445. The summed E-state index contributed by atoms with van der Waals surface area (Å²) in [6, 6.07) is 5.30. The SMILES string of the molecule is [B]c1ccc(CI)cc1O. The Morgan fingerprint density at radius 3 is 2.70 bits per heavy atom. The van der Waals surface area contributed by atoms with Crippen molar-refractivity contribution in [2.24, 2.45) is 0 Å². The summed E-state index contributed by atoms with van der Waals surface area (Å²) in [6.07, 6.45) is 0. The molecule has 1 N–H and O–H groups in total. The Balaban J connectivity index is 3.04. The molecule has 50 valence electrons. The van der Waals surface area contributed by atoms with Gasteiger partial charge in [0.05, 0.1) is 0 Å². The van der Waals surface area contributed by atoms with Crippen molar-refractivity contribution in [3.8, 4) is 5.75 Å². The first-order valence-corrected chi connectivity index (χ1v) is 4.40. The van der Waals surface area contributed by atoms with Crippen LogP contribution in [0, 0.1) is 0 Å². The van der Waals surface area contributed by atoms with Crippen molar-refractivity contribution in [3.63, 3.8) is 0 Å². The van der Waals surface area contributed by atoms with Gasteiger partial charge in [0.15, 0.2) is 0 Å². The van der Waals surface area contributed by atoms with Crippen molar-refractivity contribution in [3.05, 3.63) is 23.8 Å². The third-order valence-corrected chi connectivity index (χ3v) is 2.13. The fraction of sp³-hybridized carbons (Fsp3) is 0.143. The maximum absolute atomic E-state index is 9.10. The van der Waals surface area contributed by atoms with E-state index >= 15 is 0 Å². The largest absolute Gasteiger partial charge is 0.509 e. The van der Waals surface area contributed by atoms with E-state index in [2.05, 4.69) is 22.6 Å². The minimum Gasteiger partial charge on any atom is -0.509 e. The van der Waals surface area contributed by atoms with E-state index < -0.39 is 0 Å². The Morgan fingerprint density at radius 2 is 2.20 bits per heavy atom. The Kier molecular flexibility index (Phi) is 2.60. The maximum Gasteiger partial charge on any atom is 0.118 e. The number of benzene rings is 1. The molecule has 0 saturated heterocycles. The van der Waals surface area contributed by atoms with E-state index in [1.165, 1.54) is 0 Å². The first kappa shape index (κ1) is 7.92. The molecule has 1 rings (SSSR count). The van der Waals surface area contributed by atoms with Crippen LogP contribution in [0.1, 0.15) is 5.56 Å². The molecule has 0 unspecified atom stereocenters. The van der Waals surface area contributed by atoms with Crippen molar-refractivity contribution in [2.45, 2.75) is 4.43 Å². The van der Waals surface area contributed by atoms with Crippen LogP contribution in [0.4, 0.5) is 0 Å². The molecule has 1 aromatic rings. The van der Waals surface area contributed by atoms with E-state index in [0.717, 1.165) is 9.99 Å². The molecule has 0 bridgehead atoms. The number of alkyl halides is 1. The zero-order valence-corrected chi connectivity index (χ0v) is 7.50. The van der Waals surface area contributed by atoms with Crippen LogP contribution in [-0.2, 0) is 4.43 Å². The lowest BCUT2D eigenvalue weighted by Crippen LogP contribution is -2.01. The summed E-state index contributed by atoms with van der Waals surface area (Å²) >= 11 is 2.23. The fourth-order valence-corrected chi connectivity index (χ4v) is 1.15. The van der Waals surface area contributed by atoms with Gasteiger partial charge >= 0.3 is 0 Å². The first-order chi connectivity index (χ1) is 4.74. The first-order valence-electron chi connectivity index (χ1n) is 2.87. The molecule has 0 aliphatic carbocycles. The predicted molar refractivity (Wildman–Crippen MR) is 51.2 cm³/mol. The van der Waals surface area contributed by atoms with E-state index in [9.17, 15) is 0 Å². The van der Waals surface area contributed by atoms with E-state index in [4.69, 9.17) is 13.0 Å². The Hall–Kier alpha value is -0.185. The number of phenols is 1. The molecule has 0 spiro atoms. The summed E-state index contributed by atoms with van der Waals surface area (Å²) in [5, 5.41) is 9.10. The summed E-state index contributed by atoms with van der Waals surface area (Å²) in [5.41, 5.74) is 1.53. The van der Waals surface area contributed by atoms with Crippen molar-refractivity contribution in [1.82, 2.24) is 0 Å². The summed E-state index contributed by atoms with van der Waals surface area (Å²) in [7, 11) is 5.39. The van der Waals surface area contributed by atoms with Crippen LogP contribution in [-0.4, -0.2) is 13.0 Å². The van der Waals surface area contributed by atoms with Gasteiger partial charge in [0.1, 0.15) is 13.6 Å². The molecule has 0 aromatic heterocycles. The lowest BCUT2D eigenvalue weighted by molar-refractivity contribution is 0.479. The van der Waals surface area contributed by atoms with Gasteiger partial charge in [-0.1, -0.05) is 40.2 Å². The molecule has 10 heavy (non-hydrogen) atoms. The van der Waals surface area contributed by atoms with Gasteiger partial charge in [-0.25, -0.2) is 0 Å². The number of halogens is 1. The Labute approximate surface area is 75.0 Å². The number of rotatable bonds is 1. The van der Waals surface area contributed by atoms with Gasteiger partial charge in [0.2, 0.25) is 0 Å². The van der Waals surface area contributed by atoms with Gasteiger partial charge in [-0.3, -0.25) is 0 Å². The molecule has 1 nitrogen and oxygen atoms in total. The maximum atomic E-state index is 9.10. The van der Waals surface area contributed by atoms with Gasteiger partial charge in [-0.2, -0.15) is 0 Å². The average Bonchev–Trinajstić information content (AvgIpc) is 1.95. The zero-order chi connectivity index (χ0) is 7.56. The average molecular weight is 244 g/mol. The van der Waals surface area contributed by atoms with Gasteiger partial charge in [0, 0.05) is 4.43 Å². The molecule has 0 saturated carbocycles. The van der Waals surface area contributed by atoms with Crippen LogP contribution in [0.3, 0.4) is 0 Å². The van der Waals surface area contributed by atoms with Crippen LogP contribution < -0.4 is 5.46 Å². The number of phenolic OH excluding ortho intramolecular Hbond substituents is 1. The molecule has 0 aliphatic rings. The topological polar surface area (TPSA) is 20.2 Å². The van der Waals surface area contributed by atoms with E-state index in [1.54, 1.807) is 12.1 Å². The minimum atomic E-state index is 0.175. The summed E-state index contributed by atoms with van der Waals surface area (Å²) in [4.78, 5) is 0. The second-order valence-corrected chi connectivity index (χ2v) is 2.79. The van der Waals surface area contributed by atoms with Gasteiger partial charge in [0.25, 0.3) is 0 Å². The van der Waals surface area contributed by atoms with E-state index in [-0.39, 0.29) is 5.75 Å². The third kappa shape index (κ3) is 1.65. The molecule has 2 radical (unpaired) electrons. The summed E-state index contributed by atoms with van der Waals surface area (Å²) < 4.78 is 0.894. The molecule has 0 atom stereocenters. The zero-order valence-electron chi connectivity index (χ0n) is 5.34. The molecule has 0 heterocycles. The van der Waals surface area contributed by atoms with Crippen molar-refractivity contribution < 1.29 is 5.11 Å². The molecular formula is C7H6BIO. The number of aromatic hydroxyl groups is 1. The van der Waals surface area contributed by atoms with Crippen molar-refractivity contribution in [1.29, 1.82) is 0 Å². The minimum absolute atomic E-state index is 0.175. The molecule has 0 amide bonds. The highest BCUT2D eigenvalue weighted by Gasteiger charge is 1.94. The second-order valence-electron chi connectivity index (χ2n) is 2.03. The number of hydrogen-bond donors (Lipinski definition) is 1. The molecule has 0 aliphatic heterocycles. The molecular weight excluding hydrogens is 238 g/mol. The molecule has 1 aromatic carbocycles. The lowest BCUT2D eigenvalue weighted by atomic mass is 9.94. The lowest BCUT2D eigenvalue weighted by Gasteiger charge is -1.99. The summed E-state index contributed by atoms with van der Waals surface area (Å²) in [5.74, 6) is 0.175. The Bertz CT molecular complexity index is 237. The second kappa shape index (κ2) is 3.28. The standard InChI is InChI=1S/C7H6BIO/c8-6-2-1-5(4-9)3-7(6)10/h1-3,10H,4H2. The predicted octanol–water partition coefficient (Wildman–Crippen LogP) is 1.12.